The van der Waals surface area contributed by atoms with Crippen molar-refractivity contribution in [3.05, 3.63) is 0 Å². The van der Waals surface area contributed by atoms with Gasteiger partial charge in [0.15, 0.2) is 5.96 Å². The van der Waals surface area contributed by atoms with E-state index in [4.69, 9.17) is 16.2 Å². The third kappa shape index (κ3) is 8.72. The number of carboxylic acids is 1. The predicted octanol–water partition coefficient (Wildman–Crippen LogP) is 0.370. The highest BCUT2D eigenvalue weighted by atomic mass is 16.4. The summed E-state index contributed by atoms with van der Waals surface area (Å²) in [6.07, 6.45) is 9.22. The van der Waals surface area contributed by atoms with Crippen LogP contribution >= 0.6 is 0 Å². The maximum absolute atomic E-state index is 13.4. The Balaban J connectivity index is 1.97. The molecule has 1 heterocycles. The molecular formula is C21H38N6O4. The fraction of sp³-hybridized carbons (Fsp3) is 0.810. The van der Waals surface area contributed by atoms with Crippen LogP contribution in [0.3, 0.4) is 0 Å². The normalized spacial score (nSPS) is 20.6. The van der Waals surface area contributed by atoms with Crippen LogP contribution < -0.4 is 21.7 Å². The summed E-state index contributed by atoms with van der Waals surface area (Å²) in [6.45, 7) is 1.17. The van der Waals surface area contributed by atoms with Gasteiger partial charge >= 0.3 is 5.97 Å². The number of guanidine groups is 1. The molecule has 7 N–H and O–H groups in total. The number of nitrogens with one attached hydrogen (secondary N) is 4. The van der Waals surface area contributed by atoms with Gasteiger partial charge in [-0.3, -0.25) is 25.1 Å². The summed E-state index contributed by atoms with van der Waals surface area (Å²) in [7, 11) is 0. The number of rotatable bonds is 11. The van der Waals surface area contributed by atoms with Crippen LogP contribution in [-0.4, -0.2) is 72.0 Å². The second kappa shape index (κ2) is 13.1. The van der Waals surface area contributed by atoms with E-state index in [2.05, 4.69) is 16.0 Å². The SMILES string of the molecule is N=C(N)NCCCNC(=O)[C@H]1CCCCN1C(=O)[C@H](CC1CCCCC1)NCC(=O)O. The summed E-state index contributed by atoms with van der Waals surface area (Å²) < 4.78 is 0. The number of piperidine rings is 1. The van der Waals surface area contributed by atoms with Gasteiger partial charge in [-0.25, -0.2) is 0 Å². The average Bonchev–Trinajstić information content (AvgIpc) is 2.76. The molecule has 2 fully saturated rings. The fourth-order valence-electron chi connectivity index (χ4n) is 4.55. The van der Waals surface area contributed by atoms with E-state index < -0.39 is 18.1 Å². The molecule has 1 saturated carbocycles. The Morgan fingerprint density at radius 1 is 1.03 bits per heavy atom. The number of hydrogen-bond donors (Lipinski definition) is 6. The van der Waals surface area contributed by atoms with E-state index in [0.29, 0.717) is 44.8 Å². The summed E-state index contributed by atoms with van der Waals surface area (Å²) in [5.41, 5.74) is 5.24. The number of hydrogen-bond acceptors (Lipinski definition) is 5. The molecule has 2 rings (SSSR count). The molecule has 10 heteroatoms. The summed E-state index contributed by atoms with van der Waals surface area (Å²) in [5.74, 6) is -1.02. The first-order valence-corrected chi connectivity index (χ1v) is 11.5. The van der Waals surface area contributed by atoms with Crippen LogP contribution in [0.1, 0.15) is 64.2 Å². The molecule has 2 aliphatic rings. The maximum Gasteiger partial charge on any atom is 0.317 e. The van der Waals surface area contributed by atoms with Crippen molar-refractivity contribution in [1.82, 2.24) is 20.9 Å². The van der Waals surface area contributed by atoms with Crippen molar-refractivity contribution in [1.29, 1.82) is 5.41 Å². The van der Waals surface area contributed by atoms with Gasteiger partial charge < -0.3 is 26.4 Å². The van der Waals surface area contributed by atoms with Crippen LogP contribution in [0, 0.1) is 11.3 Å². The van der Waals surface area contributed by atoms with Crippen molar-refractivity contribution in [2.45, 2.75) is 76.3 Å². The molecule has 0 aromatic rings. The van der Waals surface area contributed by atoms with E-state index in [1.54, 1.807) is 4.90 Å². The van der Waals surface area contributed by atoms with Crippen molar-refractivity contribution in [2.24, 2.45) is 11.7 Å². The average molecular weight is 439 g/mol. The first-order chi connectivity index (χ1) is 14.9. The fourth-order valence-corrected chi connectivity index (χ4v) is 4.55. The second-order valence-corrected chi connectivity index (χ2v) is 8.60. The molecule has 176 valence electrons. The van der Waals surface area contributed by atoms with Gasteiger partial charge in [-0.05, 0) is 38.0 Å². The van der Waals surface area contributed by atoms with Crippen LogP contribution in [0.4, 0.5) is 0 Å². The minimum absolute atomic E-state index is 0.103. The molecule has 10 nitrogen and oxygen atoms in total. The molecule has 31 heavy (non-hydrogen) atoms. The largest absolute Gasteiger partial charge is 0.480 e. The van der Waals surface area contributed by atoms with Crippen LogP contribution in [0.25, 0.3) is 0 Å². The van der Waals surface area contributed by atoms with Crippen LogP contribution in [0.2, 0.25) is 0 Å². The van der Waals surface area contributed by atoms with Gasteiger partial charge in [0.1, 0.15) is 6.04 Å². The Labute approximate surface area is 184 Å². The molecule has 1 saturated heterocycles. The molecule has 2 atom stereocenters. The van der Waals surface area contributed by atoms with Gasteiger partial charge in [0.2, 0.25) is 11.8 Å². The number of nitrogens with zero attached hydrogens (tertiary/aromatic N) is 1. The van der Waals surface area contributed by atoms with Crippen LogP contribution in [0.15, 0.2) is 0 Å². The standard InChI is InChI=1S/C21H38N6O4/c22-21(23)25-11-6-10-24-19(30)17-9-4-5-12-27(17)20(31)16(26-14-18(28)29)13-15-7-2-1-3-8-15/h15-17,26H,1-14H2,(H,24,30)(H,28,29)(H4,22,23,25)/t16-,17+/m0/s1. The number of amides is 2. The van der Waals surface area contributed by atoms with E-state index in [-0.39, 0.29) is 24.3 Å². The topological polar surface area (TPSA) is 161 Å². The van der Waals surface area contributed by atoms with E-state index >= 15 is 0 Å². The van der Waals surface area contributed by atoms with Crippen LogP contribution in [-0.2, 0) is 14.4 Å². The minimum atomic E-state index is -0.992. The zero-order valence-corrected chi connectivity index (χ0v) is 18.3. The van der Waals surface area contributed by atoms with E-state index in [1.807, 2.05) is 0 Å². The van der Waals surface area contributed by atoms with Gasteiger partial charge in [0.25, 0.3) is 0 Å². The highest BCUT2D eigenvalue weighted by molar-refractivity contribution is 5.90. The Hall–Kier alpha value is -2.36. The number of nitrogens with two attached hydrogens (primary N) is 1. The summed E-state index contributed by atoms with van der Waals surface area (Å²) >= 11 is 0. The first kappa shape index (κ1) is 24.9. The van der Waals surface area contributed by atoms with Gasteiger partial charge in [-0.15, -0.1) is 0 Å². The Bertz CT molecular complexity index is 623. The quantitative estimate of drug-likeness (QED) is 0.154. The Kier molecular flexibility index (Phi) is 10.6. The minimum Gasteiger partial charge on any atom is -0.480 e. The summed E-state index contributed by atoms with van der Waals surface area (Å²) in [6, 6.07) is -1.10. The summed E-state index contributed by atoms with van der Waals surface area (Å²) in [4.78, 5) is 38.9. The number of likely N-dealkylation sites (tertiary alicyclic amines) is 1. The lowest BCUT2D eigenvalue weighted by Crippen LogP contribution is -2.57. The summed E-state index contributed by atoms with van der Waals surface area (Å²) in [5, 5.41) is 24.7. The second-order valence-electron chi connectivity index (χ2n) is 8.60. The predicted molar refractivity (Wildman–Crippen MR) is 118 cm³/mol. The Morgan fingerprint density at radius 2 is 1.71 bits per heavy atom. The maximum atomic E-state index is 13.4. The lowest BCUT2D eigenvalue weighted by molar-refractivity contribution is -0.145. The number of carbonyl (C=O) groups is 3. The third-order valence-corrected chi connectivity index (χ3v) is 6.15. The molecule has 0 spiro atoms. The third-order valence-electron chi connectivity index (χ3n) is 6.15. The molecule has 0 aromatic heterocycles. The number of carboxylic acid groups (broad SMARTS) is 1. The van der Waals surface area contributed by atoms with Crippen molar-refractivity contribution >= 4 is 23.7 Å². The van der Waals surface area contributed by atoms with Gasteiger partial charge in [0.05, 0.1) is 12.6 Å². The highest BCUT2D eigenvalue weighted by Crippen LogP contribution is 2.28. The highest BCUT2D eigenvalue weighted by Gasteiger charge is 2.36. The first-order valence-electron chi connectivity index (χ1n) is 11.5. The van der Waals surface area contributed by atoms with Crippen LogP contribution in [0.5, 0.6) is 0 Å². The molecule has 0 unspecified atom stereocenters. The Morgan fingerprint density at radius 3 is 2.39 bits per heavy atom. The molecule has 0 radical (unpaired) electrons. The van der Waals surface area contributed by atoms with Gasteiger partial charge in [-0.1, -0.05) is 32.1 Å². The van der Waals surface area contributed by atoms with Crippen molar-refractivity contribution in [3.8, 4) is 0 Å². The monoisotopic (exact) mass is 438 g/mol. The van der Waals surface area contributed by atoms with Gasteiger partial charge in [0, 0.05) is 19.6 Å². The lowest BCUT2D eigenvalue weighted by atomic mass is 9.84. The smallest absolute Gasteiger partial charge is 0.317 e. The van der Waals surface area contributed by atoms with Crippen molar-refractivity contribution in [2.75, 3.05) is 26.2 Å². The van der Waals surface area contributed by atoms with E-state index in [0.717, 1.165) is 38.5 Å². The number of aliphatic carboxylic acids is 1. The number of carbonyl (C=O) groups excluding carboxylic acids is 2. The van der Waals surface area contributed by atoms with Crippen molar-refractivity contribution < 1.29 is 19.5 Å². The van der Waals surface area contributed by atoms with E-state index in [1.165, 1.54) is 6.42 Å². The van der Waals surface area contributed by atoms with E-state index in [9.17, 15) is 14.4 Å². The zero-order valence-electron chi connectivity index (χ0n) is 18.3. The molecule has 0 aromatic carbocycles. The zero-order chi connectivity index (χ0) is 22.6. The molecule has 0 bridgehead atoms. The lowest BCUT2D eigenvalue weighted by Gasteiger charge is -2.38. The van der Waals surface area contributed by atoms with Gasteiger partial charge in [-0.2, -0.15) is 0 Å². The molecule has 2 amide bonds. The molecule has 1 aliphatic heterocycles. The molecule has 1 aliphatic carbocycles. The van der Waals surface area contributed by atoms with Crippen molar-refractivity contribution in [3.63, 3.8) is 0 Å². The molecular weight excluding hydrogens is 400 g/mol.